The first-order valence-corrected chi connectivity index (χ1v) is 8.32. The molecule has 0 radical (unpaired) electrons. The largest absolute Gasteiger partial charge is 0.346 e. The van der Waals surface area contributed by atoms with Crippen molar-refractivity contribution in [1.82, 2.24) is 15.2 Å². The van der Waals surface area contributed by atoms with E-state index >= 15 is 0 Å². The van der Waals surface area contributed by atoms with Crippen LogP contribution in [-0.2, 0) is 6.54 Å². The fraction of sp³-hybridized carbons (Fsp3) is 0.786. The molecule has 0 atom stereocenters. The third-order valence-corrected chi connectivity index (χ3v) is 4.92. The Kier molecular flexibility index (Phi) is 4.35. The van der Waals surface area contributed by atoms with Crippen LogP contribution in [0.4, 0.5) is 5.13 Å². The average Bonchev–Trinajstić information content (AvgIpc) is 3.15. The summed E-state index contributed by atoms with van der Waals surface area (Å²) in [5.74, 6) is 0. The second kappa shape index (κ2) is 6.20. The monoisotopic (exact) mass is 280 g/mol. The average molecular weight is 280 g/mol. The van der Waals surface area contributed by atoms with Crippen molar-refractivity contribution >= 4 is 16.5 Å². The van der Waals surface area contributed by atoms with Crippen LogP contribution in [0.2, 0.25) is 0 Å². The third-order valence-electron chi connectivity index (χ3n) is 3.87. The highest BCUT2D eigenvalue weighted by Gasteiger charge is 2.21. The van der Waals surface area contributed by atoms with E-state index in [4.69, 9.17) is 0 Å². The minimum Gasteiger partial charge on any atom is -0.346 e. The molecule has 1 aliphatic carbocycles. The lowest BCUT2D eigenvalue weighted by atomic mass is 10.3. The Labute approximate surface area is 119 Å². The quantitative estimate of drug-likeness (QED) is 0.863. The van der Waals surface area contributed by atoms with E-state index < -0.39 is 0 Å². The number of hydrogen-bond acceptors (Lipinski definition) is 5. The smallest absolute Gasteiger partial charge is 0.185 e. The molecular weight excluding hydrogens is 256 g/mol. The Bertz CT molecular complexity index is 394. The van der Waals surface area contributed by atoms with Crippen molar-refractivity contribution < 1.29 is 0 Å². The Hall–Kier alpha value is -0.650. The molecule has 1 aromatic rings. The van der Waals surface area contributed by atoms with Gasteiger partial charge < -0.3 is 10.2 Å². The summed E-state index contributed by atoms with van der Waals surface area (Å²) in [7, 11) is 0. The second-order valence-electron chi connectivity index (χ2n) is 5.59. The van der Waals surface area contributed by atoms with Gasteiger partial charge in [-0.25, -0.2) is 4.98 Å². The molecule has 1 saturated carbocycles. The number of piperazine rings is 1. The molecule has 106 valence electrons. The topological polar surface area (TPSA) is 31.4 Å². The summed E-state index contributed by atoms with van der Waals surface area (Å²) in [6.07, 6.45) is 6.01. The van der Waals surface area contributed by atoms with Gasteiger partial charge in [-0.15, -0.1) is 11.3 Å². The van der Waals surface area contributed by atoms with Crippen molar-refractivity contribution in [3.63, 3.8) is 0 Å². The van der Waals surface area contributed by atoms with Gasteiger partial charge in [-0.3, -0.25) is 4.90 Å². The summed E-state index contributed by atoms with van der Waals surface area (Å²) in [5, 5.41) is 4.77. The van der Waals surface area contributed by atoms with Crippen LogP contribution in [0.5, 0.6) is 0 Å². The highest BCUT2D eigenvalue weighted by molar-refractivity contribution is 7.15. The zero-order chi connectivity index (χ0) is 13.1. The van der Waals surface area contributed by atoms with Gasteiger partial charge in [-0.2, -0.15) is 0 Å². The number of rotatable bonds is 6. The summed E-state index contributed by atoms with van der Waals surface area (Å²) in [6, 6.07) is 0.781. The van der Waals surface area contributed by atoms with Gasteiger partial charge in [0.25, 0.3) is 0 Å². The summed E-state index contributed by atoms with van der Waals surface area (Å²) in [6.45, 7) is 9.12. The van der Waals surface area contributed by atoms with Gasteiger partial charge in [0, 0.05) is 49.8 Å². The molecule has 1 N–H and O–H groups in total. The highest BCUT2D eigenvalue weighted by Crippen LogP contribution is 2.25. The molecule has 0 bridgehead atoms. The molecular formula is C14H24N4S. The van der Waals surface area contributed by atoms with Crippen molar-refractivity contribution in [2.24, 2.45) is 0 Å². The fourth-order valence-corrected chi connectivity index (χ4v) is 3.45. The van der Waals surface area contributed by atoms with Crippen molar-refractivity contribution in [3.05, 3.63) is 11.1 Å². The van der Waals surface area contributed by atoms with Crippen molar-refractivity contribution in [2.45, 2.75) is 38.8 Å². The van der Waals surface area contributed by atoms with Crippen LogP contribution in [-0.4, -0.2) is 48.6 Å². The van der Waals surface area contributed by atoms with Crippen LogP contribution in [0, 0.1) is 0 Å². The second-order valence-corrected chi connectivity index (χ2v) is 6.69. The fourth-order valence-electron chi connectivity index (χ4n) is 2.54. The molecule has 1 saturated heterocycles. The Morgan fingerprint density at radius 1 is 1.32 bits per heavy atom. The van der Waals surface area contributed by atoms with E-state index in [-0.39, 0.29) is 0 Å². The number of anilines is 1. The minimum absolute atomic E-state index is 0.781. The van der Waals surface area contributed by atoms with Gasteiger partial charge in [0.05, 0.1) is 0 Å². The van der Waals surface area contributed by atoms with Gasteiger partial charge in [0.2, 0.25) is 0 Å². The summed E-state index contributed by atoms with van der Waals surface area (Å²) in [4.78, 5) is 11.0. The predicted molar refractivity (Wildman–Crippen MR) is 80.9 cm³/mol. The number of aromatic nitrogens is 1. The van der Waals surface area contributed by atoms with Crippen molar-refractivity contribution in [2.75, 3.05) is 37.6 Å². The summed E-state index contributed by atoms with van der Waals surface area (Å²) in [5.41, 5.74) is 0. The minimum atomic E-state index is 0.781. The molecule has 5 heteroatoms. The predicted octanol–water partition coefficient (Wildman–Crippen LogP) is 1.93. The van der Waals surface area contributed by atoms with Crippen molar-refractivity contribution in [1.29, 1.82) is 0 Å². The standard InChI is InChI=1S/C14H24N4S/c1-2-5-17-6-8-18(9-7-17)14-16-11-13(19-14)10-15-12-3-4-12/h11-12,15H,2-10H2,1H3. The lowest BCUT2D eigenvalue weighted by Crippen LogP contribution is -2.46. The lowest BCUT2D eigenvalue weighted by molar-refractivity contribution is 0.258. The SMILES string of the molecule is CCCN1CCN(c2ncc(CNC3CC3)s2)CC1. The van der Waals surface area contributed by atoms with Crippen LogP contribution in [0.1, 0.15) is 31.1 Å². The molecule has 0 amide bonds. The molecule has 2 aliphatic rings. The molecule has 4 nitrogen and oxygen atoms in total. The van der Waals surface area contributed by atoms with Gasteiger partial charge in [-0.1, -0.05) is 6.92 Å². The van der Waals surface area contributed by atoms with Gasteiger partial charge >= 0.3 is 0 Å². The van der Waals surface area contributed by atoms with E-state index in [2.05, 4.69) is 27.0 Å². The van der Waals surface area contributed by atoms with Crippen LogP contribution >= 0.6 is 11.3 Å². The van der Waals surface area contributed by atoms with Gasteiger partial charge in [0.15, 0.2) is 5.13 Å². The van der Waals surface area contributed by atoms with E-state index in [9.17, 15) is 0 Å². The molecule has 2 fully saturated rings. The van der Waals surface area contributed by atoms with E-state index in [0.717, 1.165) is 25.7 Å². The molecule has 3 rings (SSSR count). The Morgan fingerprint density at radius 2 is 2.11 bits per heavy atom. The van der Waals surface area contributed by atoms with E-state index in [1.807, 2.05) is 17.5 Å². The maximum absolute atomic E-state index is 4.60. The zero-order valence-electron chi connectivity index (χ0n) is 11.8. The van der Waals surface area contributed by atoms with Crippen molar-refractivity contribution in [3.8, 4) is 0 Å². The first-order valence-electron chi connectivity index (χ1n) is 7.50. The molecule has 0 unspecified atom stereocenters. The molecule has 1 aliphatic heterocycles. The van der Waals surface area contributed by atoms with E-state index in [1.165, 1.54) is 48.9 Å². The third kappa shape index (κ3) is 3.68. The number of nitrogens with one attached hydrogen (secondary N) is 1. The molecule has 19 heavy (non-hydrogen) atoms. The zero-order valence-corrected chi connectivity index (χ0v) is 12.6. The van der Waals surface area contributed by atoms with Gasteiger partial charge in [0.1, 0.15) is 0 Å². The first kappa shape index (κ1) is 13.3. The molecule has 1 aromatic heterocycles. The van der Waals surface area contributed by atoms with Crippen LogP contribution in [0.3, 0.4) is 0 Å². The number of nitrogens with zero attached hydrogens (tertiary/aromatic N) is 3. The summed E-state index contributed by atoms with van der Waals surface area (Å²) < 4.78 is 0. The highest BCUT2D eigenvalue weighted by atomic mass is 32.1. The first-order chi connectivity index (χ1) is 9.35. The van der Waals surface area contributed by atoms with E-state index in [1.54, 1.807) is 0 Å². The maximum atomic E-state index is 4.60. The Balaban J connectivity index is 1.48. The van der Waals surface area contributed by atoms with Crippen LogP contribution in [0.25, 0.3) is 0 Å². The Morgan fingerprint density at radius 3 is 2.79 bits per heavy atom. The van der Waals surface area contributed by atoms with Crippen LogP contribution < -0.4 is 10.2 Å². The summed E-state index contributed by atoms with van der Waals surface area (Å²) >= 11 is 1.86. The lowest BCUT2D eigenvalue weighted by Gasteiger charge is -2.34. The molecule has 0 aromatic carbocycles. The normalized spacial score (nSPS) is 21.0. The van der Waals surface area contributed by atoms with E-state index in [0.29, 0.717) is 0 Å². The number of thiazole rings is 1. The molecule has 2 heterocycles. The van der Waals surface area contributed by atoms with Gasteiger partial charge in [-0.05, 0) is 25.8 Å². The van der Waals surface area contributed by atoms with Crippen LogP contribution in [0.15, 0.2) is 6.20 Å². The molecule has 0 spiro atoms. The number of hydrogen-bond donors (Lipinski definition) is 1. The maximum Gasteiger partial charge on any atom is 0.185 e.